The van der Waals surface area contributed by atoms with Crippen LogP contribution in [0.3, 0.4) is 0 Å². The van der Waals surface area contributed by atoms with E-state index >= 15 is 0 Å². The fourth-order valence-electron chi connectivity index (χ4n) is 2.33. The molecule has 0 saturated heterocycles. The molecule has 0 radical (unpaired) electrons. The highest BCUT2D eigenvalue weighted by Gasteiger charge is 2.21. The second kappa shape index (κ2) is 7.21. The van der Waals surface area contributed by atoms with Gasteiger partial charge in [0.2, 0.25) is 0 Å². The average Bonchev–Trinajstić information content (AvgIpc) is 2.70. The number of nitrogens with zero attached hydrogens (tertiary/aromatic N) is 1. The molecule has 84 valence electrons. The first-order chi connectivity index (χ1) is 6.88. The fourth-order valence-corrected chi connectivity index (χ4v) is 2.33. The fraction of sp³-hybridized carbons (Fsp3) is 1.00. The number of aliphatic hydroxyl groups excluding tert-OH is 1. The van der Waals surface area contributed by atoms with Gasteiger partial charge in [-0.3, -0.25) is 4.90 Å². The third-order valence-corrected chi connectivity index (χ3v) is 3.10. The largest absolute Gasteiger partial charge is 0.395 e. The molecule has 3 heteroatoms. The summed E-state index contributed by atoms with van der Waals surface area (Å²) in [5.41, 5.74) is 0. The highest BCUT2D eigenvalue weighted by atomic mass is 16.3. The first-order valence-electron chi connectivity index (χ1n) is 5.88. The van der Waals surface area contributed by atoms with Crippen LogP contribution in [0.5, 0.6) is 0 Å². The monoisotopic (exact) mass is 200 g/mol. The molecule has 0 atom stereocenters. The zero-order valence-electron chi connectivity index (χ0n) is 9.34. The van der Waals surface area contributed by atoms with Crippen LogP contribution in [0.15, 0.2) is 0 Å². The first-order valence-corrected chi connectivity index (χ1v) is 5.88. The Balaban J connectivity index is 2.22. The van der Waals surface area contributed by atoms with Crippen LogP contribution in [0.25, 0.3) is 0 Å². The Labute approximate surface area is 87.5 Å². The van der Waals surface area contributed by atoms with Gasteiger partial charge >= 0.3 is 0 Å². The molecule has 0 heterocycles. The van der Waals surface area contributed by atoms with Crippen LogP contribution in [-0.4, -0.2) is 49.3 Å². The molecule has 3 nitrogen and oxygen atoms in total. The Morgan fingerprint density at radius 1 is 1.29 bits per heavy atom. The molecule has 0 aromatic rings. The van der Waals surface area contributed by atoms with E-state index in [1.165, 1.54) is 32.1 Å². The first kappa shape index (κ1) is 12.0. The molecule has 1 aliphatic carbocycles. The molecular weight excluding hydrogens is 176 g/mol. The minimum absolute atomic E-state index is 0.302. The molecule has 0 bridgehead atoms. The molecular formula is C11H24N2O. The van der Waals surface area contributed by atoms with Crippen molar-refractivity contribution in [2.45, 2.75) is 38.1 Å². The molecule has 1 saturated carbocycles. The highest BCUT2D eigenvalue weighted by Crippen LogP contribution is 2.23. The third-order valence-electron chi connectivity index (χ3n) is 3.10. The van der Waals surface area contributed by atoms with Crippen LogP contribution in [0, 0.1) is 0 Å². The predicted molar refractivity (Wildman–Crippen MR) is 59.5 cm³/mol. The zero-order valence-corrected chi connectivity index (χ0v) is 9.34. The Bertz CT molecular complexity index is 135. The summed E-state index contributed by atoms with van der Waals surface area (Å²) >= 11 is 0. The maximum atomic E-state index is 9.00. The van der Waals surface area contributed by atoms with Gasteiger partial charge in [0.05, 0.1) is 6.61 Å². The Morgan fingerprint density at radius 2 is 2.00 bits per heavy atom. The molecule has 2 N–H and O–H groups in total. The van der Waals surface area contributed by atoms with Gasteiger partial charge in [-0.2, -0.15) is 0 Å². The van der Waals surface area contributed by atoms with E-state index in [4.69, 9.17) is 5.11 Å². The summed E-state index contributed by atoms with van der Waals surface area (Å²) < 4.78 is 0. The van der Waals surface area contributed by atoms with Crippen molar-refractivity contribution in [1.29, 1.82) is 0 Å². The standard InChI is InChI=1S/C11H24N2O/c1-12-7-4-8-13(9-10-14)11-5-2-3-6-11/h11-12,14H,2-10H2,1H3. The second-order valence-electron chi connectivity index (χ2n) is 4.15. The van der Waals surface area contributed by atoms with Crippen molar-refractivity contribution in [2.75, 3.05) is 33.3 Å². The summed E-state index contributed by atoms with van der Waals surface area (Å²) in [4.78, 5) is 2.46. The van der Waals surface area contributed by atoms with Gasteiger partial charge in [-0.25, -0.2) is 0 Å². The Morgan fingerprint density at radius 3 is 2.57 bits per heavy atom. The number of aliphatic hydroxyl groups is 1. The summed E-state index contributed by atoms with van der Waals surface area (Å²) in [5, 5.41) is 12.2. The predicted octanol–water partition coefficient (Wildman–Crippen LogP) is 0.833. The second-order valence-corrected chi connectivity index (χ2v) is 4.15. The van der Waals surface area contributed by atoms with Crippen LogP contribution in [0.2, 0.25) is 0 Å². The highest BCUT2D eigenvalue weighted by molar-refractivity contribution is 4.77. The Hall–Kier alpha value is -0.120. The topological polar surface area (TPSA) is 35.5 Å². The van der Waals surface area contributed by atoms with E-state index in [1.54, 1.807) is 0 Å². The SMILES string of the molecule is CNCCCN(CCO)C1CCCC1. The Kier molecular flexibility index (Phi) is 6.15. The van der Waals surface area contributed by atoms with Gasteiger partial charge in [0.25, 0.3) is 0 Å². The van der Waals surface area contributed by atoms with Gasteiger partial charge in [-0.05, 0) is 39.4 Å². The summed E-state index contributed by atoms with van der Waals surface area (Å²) in [6.45, 7) is 3.37. The molecule has 1 fully saturated rings. The molecule has 0 spiro atoms. The molecule has 0 unspecified atom stereocenters. The lowest BCUT2D eigenvalue weighted by Crippen LogP contribution is -2.37. The maximum absolute atomic E-state index is 9.00. The molecule has 0 amide bonds. The lowest BCUT2D eigenvalue weighted by molar-refractivity contribution is 0.150. The minimum Gasteiger partial charge on any atom is -0.395 e. The van der Waals surface area contributed by atoms with Crippen molar-refractivity contribution in [3.05, 3.63) is 0 Å². The van der Waals surface area contributed by atoms with Crippen molar-refractivity contribution in [1.82, 2.24) is 10.2 Å². The van der Waals surface area contributed by atoms with E-state index in [0.29, 0.717) is 6.61 Å². The van der Waals surface area contributed by atoms with E-state index in [2.05, 4.69) is 10.2 Å². The number of nitrogens with one attached hydrogen (secondary N) is 1. The van der Waals surface area contributed by atoms with Crippen molar-refractivity contribution in [2.24, 2.45) is 0 Å². The van der Waals surface area contributed by atoms with Crippen molar-refractivity contribution in [3.63, 3.8) is 0 Å². The van der Waals surface area contributed by atoms with Crippen LogP contribution in [0.4, 0.5) is 0 Å². The van der Waals surface area contributed by atoms with Crippen molar-refractivity contribution < 1.29 is 5.11 Å². The summed E-state index contributed by atoms with van der Waals surface area (Å²) in [7, 11) is 1.99. The molecule has 0 aromatic carbocycles. The van der Waals surface area contributed by atoms with E-state index in [0.717, 1.165) is 25.7 Å². The average molecular weight is 200 g/mol. The lowest BCUT2D eigenvalue weighted by atomic mass is 10.2. The van der Waals surface area contributed by atoms with Gasteiger partial charge in [0.15, 0.2) is 0 Å². The molecule has 0 aromatic heterocycles. The van der Waals surface area contributed by atoms with Gasteiger partial charge in [-0.1, -0.05) is 12.8 Å². The molecule has 1 rings (SSSR count). The maximum Gasteiger partial charge on any atom is 0.0558 e. The van der Waals surface area contributed by atoms with Gasteiger partial charge in [0, 0.05) is 12.6 Å². The van der Waals surface area contributed by atoms with Crippen LogP contribution >= 0.6 is 0 Å². The number of hydrogen-bond donors (Lipinski definition) is 2. The summed E-state index contributed by atoms with van der Waals surface area (Å²) in [6, 6.07) is 0.749. The third kappa shape index (κ3) is 3.95. The van der Waals surface area contributed by atoms with Crippen LogP contribution in [0.1, 0.15) is 32.1 Å². The smallest absolute Gasteiger partial charge is 0.0558 e. The number of hydrogen-bond acceptors (Lipinski definition) is 3. The normalized spacial score (nSPS) is 18.2. The summed E-state index contributed by atoms with van der Waals surface area (Å²) in [6.07, 6.45) is 6.60. The van der Waals surface area contributed by atoms with Crippen LogP contribution < -0.4 is 5.32 Å². The quantitative estimate of drug-likeness (QED) is 0.598. The van der Waals surface area contributed by atoms with Crippen molar-refractivity contribution >= 4 is 0 Å². The minimum atomic E-state index is 0.302. The van der Waals surface area contributed by atoms with Gasteiger partial charge < -0.3 is 10.4 Å². The summed E-state index contributed by atoms with van der Waals surface area (Å²) in [5.74, 6) is 0. The van der Waals surface area contributed by atoms with Crippen LogP contribution in [-0.2, 0) is 0 Å². The van der Waals surface area contributed by atoms with E-state index in [1.807, 2.05) is 7.05 Å². The van der Waals surface area contributed by atoms with E-state index in [9.17, 15) is 0 Å². The van der Waals surface area contributed by atoms with Crippen molar-refractivity contribution in [3.8, 4) is 0 Å². The van der Waals surface area contributed by atoms with Gasteiger partial charge in [0.1, 0.15) is 0 Å². The molecule has 14 heavy (non-hydrogen) atoms. The lowest BCUT2D eigenvalue weighted by Gasteiger charge is -2.27. The van der Waals surface area contributed by atoms with Gasteiger partial charge in [-0.15, -0.1) is 0 Å². The zero-order chi connectivity index (χ0) is 10.2. The van der Waals surface area contributed by atoms with E-state index in [-0.39, 0.29) is 0 Å². The molecule has 1 aliphatic rings. The molecule has 0 aliphatic heterocycles. The van der Waals surface area contributed by atoms with E-state index < -0.39 is 0 Å². The number of rotatable bonds is 7.